The number of rotatable bonds is 1. The first kappa shape index (κ1) is 8.41. The Kier molecular flexibility index (Phi) is 3.37. The summed E-state index contributed by atoms with van der Waals surface area (Å²) >= 11 is -3.14. The summed E-state index contributed by atoms with van der Waals surface area (Å²) in [4.78, 5) is 0. The van der Waals surface area contributed by atoms with Crippen molar-refractivity contribution in [3.8, 4) is 0 Å². The van der Waals surface area contributed by atoms with Gasteiger partial charge in [0.15, 0.2) is 0 Å². The molecular weight excluding hydrogens is 261 g/mol. The Morgan fingerprint density at radius 1 is 1.43 bits per heavy atom. The zero-order valence-corrected chi connectivity index (χ0v) is 8.96. The number of hydrogen-bond donors (Lipinski definition) is 0. The quantitative estimate of drug-likeness (QED) is 0.640. The van der Waals surface area contributed by atoms with Crippen molar-refractivity contribution in [2.24, 2.45) is 0 Å². The van der Waals surface area contributed by atoms with Crippen molar-refractivity contribution >= 4 is 41.8 Å². The van der Waals surface area contributed by atoms with E-state index in [0.29, 0.717) is 0 Å². The van der Waals surface area contributed by atoms with E-state index in [1.807, 2.05) is 0 Å². The summed E-state index contributed by atoms with van der Waals surface area (Å²) in [5, 5.41) is 0. The fourth-order valence-corrected chi connectivity index (χ4v) is 0. The van der Waals surface area contributed by atoms with Crippen molar-refractivity contribution in [1.82, 2.24) is 0 Å². The van der Waals surface area contributed by atoms with Crippen LogP contribution >= 0.6 is 26.8 Å². The predicted molar refractivity (Wildman–Crippen MR) is 38.1 cm³/mol. The molecule has 0 aromatic carbocycles. The average molecular weight is 266 g/mol. The third-order valence-corrected chi connectivity index (χ3v) is 9.74. The molecule has 0 atom stereocenters. The maximum absolute atomic E-state index is 5.51. The van der Waals surface area contributed by atoms with Crippen molar-refractivity contribution in [1.29, 1.82) is 0 Å². The van der Waals surface area contributed by atoms with Crippen LogP contribution in [0.4, 0.5) is 0 Å². The summed E-state index contributed by atoms with van der Waals surface area (Å²) in [7, 11) is 16.5. The first-order chi connectivity index (χ1) is 2.94. The molecule has 0 N–H and O–H groups in total. The Bertz CT molecular complexity index is 82.7. The molecule has 4 heteroatoms. The molecule has 0 rings (SSSR count). The molecule has 0 aliphatic carbocycles. The molecule has 0 unspecified atom stereocenters. The molecule has 0 spiro atoms. The molecule has 0 bridgehead atoms. The van der Waals surface area contributed by atoms with Gasteiger partial charge in [0.1, 0.15) is 0 Å². The minimum absolute atomic E-state index is 0.749. The van der Waals surface area contributed by atoms with E-state index in [1.54, 1.807) is 6.92 Å². The summed E-state index contributed by atoms with van der Waals surface area (Å²) in [5.41, 5.74) is 0. The monoisotopic (exact) mass is 266 g/mol. The van der Waals surface area contributed by atoms with Crippen molar-refractivity contribution in [3.05, 3.63) is 10.2 Å². The van der Waals surface area contributed by atoms with Gasteiger partial charge in [-0.25, -0.2) is 0 Å². The zero-order chi connectivity index (χ0) is 6.08. The summed E-state index contributed by atoms with van der Waals surface area (Å²) in [6.07, 6.45) is 0. The van der Waals surface area contributed by atoms with Crippen LogP contribution in [0.5, 0.6) is 0 Å². The molecule has 42 valence electrons. The fraction of sp³-hybridized carbons (Fsp3) is 0.333. The van der Waals surface area contributed by atoms with E-state index in [0.717, 1.165) is 3.59 Å². The van der Waals surface area contributed by atoms with Crippen molar-refractivity contribution in [3.63, 3.8) is 0 Å². The Balaban J connectivity index is 3.79. The van der Waals surface area contributed by atoms with Crippen LogP contribution in [0.2, 0.25) is 0 Å². The zero-order valence-electron chi connectivity index (χ0n) is 3.84. The maximum atomic E-state index is 5.51. The van der Waals surface area contributed by atoms with E-state index in [1.165, 1.54) is 0 Å². The molecule has 0 amide bonds. The van der Waals surface area contributed by atoms with Gasteiger partial charge < -0.3 is 0 Å². The minimum atomic E-state index is -3.14. The van der Waals surface area contributed by atoms with Gasteiger partial charge in [-0.3, -0.25) is 0 Å². The number of allylic oxidation sites excluding steroid dienone is 1. The van der Waals surface area contributed by atoms with Crippen molar-refractivity contribution in [2.45, 2.75) is 6.92 Å². The fourth-order valence-electron chi connectivity index (χ4n) is 0. The summed E-state index contributed by atoms with van der Waals surface area (Å²) in [6, 6.07) is 0. The second-order valence-corrected chi connectivity index (χ2v) is 21.9. The van der Waals surface area contributed by atoms with E-state index in [-0.39, 0.29) is 0 Å². The van der Waals surface area contributed by atoms with Crippen LogP contribution in [0.15, 0.2) is 10.2 Å². The predicted octanol–water partition coefficient (Wildman–Crippen LogP) is 2.76. The normalized spacial score (nSPS) is 11.4. The average Bonchev–Trinajstić information content (AvgIpc) is 1.31. The van der Waals surface area contributed by atoms with Crippen LogP contribution in [-0.2, 0) is 0 Å². The van der Waals surface area contributed by atoms with Crippen LogP contribution in [0, 0.1) is 0 Å². The molecule has 0 radical (unpaired) electrons. The molecule has 0 saturated carbocycles. The first-order valence-electron chi connectivity index (χ1n) is 1.67. The molecule has 0 aliphatic rings. The van der Waals surface area contributed by atoms with Crippen LogP contribution in [0.3, 0.4) is 0 Å². The molecule has 0 saturated heterocycles. The Morgan fingerprint density at radius 3 is 1.57 bits per heavy atom. The summed E-state index contributed by atoms with van der Waals surface area (Å²) in [6.45, 7) is 5.28. The van der Waals surface area contributed by atoms with Gasteiger partial charge in [-0.2, -0.15) is 0 Å². The number of hydrogen-bond acceptors (Lipinski definition) is 0. The third kappa shape index (κ3) is 3.95. The topological polar surface area (TPSA) is 0 Å². The van der Waals surface area contributed by atoms with E-state index in [4.69, 9.17) is 26.8 Å². The standard InChI is InChI=1S/C3H5.3ClH.Sn/c1-3-2;;;;/h1H2,2H3;3*1H;/q;;;;+3/p-3. The Labute approximate surface area is 58.5 Å². The van der Waals surface area contributed by atoms with Crippen LogP contribution < -0.4 is 0 Å². The van der Waals surface area contributed by atoms with E-state index < -0.39 is 15.0 Å². The van der Waals surface area contributed by atoms with Gasteiger partial charge in [-0.15, -0.1) is 0 Å². The molecular formula is C3H5Cl3Sn. The third-order valence-electron chi connectivity index (χ3n) is 0.484. The van der Waals surface area contributed by atoms with Gasteiger partial charge in [0.2, 0.25) is 0 Å². The van der Waals surface area contributed by atoms with Crippen LogP contribution in [0.1, 0.15) is 6.92 Å². The van der Waals surface area contributed by atoms with E-state index >= 15 is 0 Å². The molecule has 0 aromatic heterocycles. The molecule has 0 aromatic rings. The van der Waals surface area contributed by atoms with Gasteiger partial charge in [0.05, 0.1) is 0 Å². The molecule has 0 aliphatic heterocycles. The van der Waals surface area contributed by atoms with E-state index in [2.05, 4.69) is 6.58 Å². The Morgan fingerprint density at radius 2 is 1.57 bits per heavy atom. The Hall–Kier alpha value is 1.41. The summed E-state index contributed by atoms with van der Waals surface area (Å²) < 4.78 is 0.749. The molecule has 0 fully saturated rings. The van der Waals surface area contributed by atoms with E-state index in [9.17, 15) is 0 Å². The molecule has 0 heterocycles. The van der Waals surface area contributed by atoms with Gasteiger partial charge in [0.25, 0.3) is 0 Å². The SMILES string of the molecule is C=[C](C)[Sn]([Cl])([Cl])[Cl]. The second kappa shape index (κ2) is 2.81. The summed E-state index contributed by atoms with van der Waals surface area (Å²) in [5.74, 6) is 0. The van der Waals surface area contributed by atoms with Gasteiger partial charge in [-0.1, -0.05) is 0 Å². The molecule has 0 nitrogen and oxygen atoms in total. The number of halogens is 3. The van der Waals surface area contributed by atoms with Crippen molar-refractivity contribution in [2.75, 3.05) is 0 Å². The first-order valence-corrected chi connectivity index (χ1v) is 13.9. The van der Waals surface area contributed by atoms with Crippen molar-refractivity contribution < 1.29 is 0 Å². The second-order valence-electron chi connectivity index (χ2n) is 1.28. The van der Waals surface area contributed by atoms with Crippen LogP contribution in [-0.4, -0.2) is 15.0 Å². The molecule has 7 heavy (non-hydrogen) atoms. The van der Waals surface area contributed by atoms with Gasteiger partial charge >= 0.3 is 58.9 Å². The van der Waals surface area contributed by atoms with Gasteiger partial charge in [0, 0.05) is 0 Å². The van der Waals surface area contributed by atoms with Crippen LogP contribution in [0.25, 0.3) is 0 Å². The van der Waals surface area contributed by atoms with Gasteiger partial charge in [-0.05, 0) is 0 Å².